The monoisotopic (exact) mass is 303 g/mol. The van der Waals surface area contributed by atoms with Crippen molar-refractivity contribution in [2.24, 2.45) is 0 Å². The Labute approximate surface area is 117 Å². The van der Waals surface area contributed by atoms with E-state index in [0.717, 1.165) is 12.1 Å². The van der Waals surface area contributed by atoms with Crippen LogP contribution in [0.2, 0.25) is 0 Å². The Morgan fingerprint density at radius 3 is 2.71 bits per heavy atom. The van der Waals surface area contributed by atoms with Gasteiger partial charge in [-0.15, -0.1) is 0 Å². The second-order valence-electron chi connectivity index (χ2n) is 4.50. The number of carboxylic acid groups (broad SMARTS) is 1. The summed E-state index contributed by atoms with van der Waals surface area (Å²) in [5.74, 6) is -1.51. The SMILES string of the molecule is O=C(O)CC1C(=O)NCCN1c1ccc(C(F)(F)F)cn1. The minimum atomic E-state index is -4.49. The van der Waals surface area contributed by atoms with Crippen LogP contribution in [0.3, 0.4) is 0 Å². The largest absolute Gasteiger partial charge is 0.481 e. The van der Waals surface area contributed by atoms with Gasteiger partial charge < -0.3 is 15.3 Å². The molecular weight excluding hydrogens is 291 g/mol. The predicted molar refractivity (Wildman–Crippen MR) is 65.6 cm³/mol. The molecule has 2 rings (SSSR count). The van der Waals surface area contributed by atoms with Gasteiger partial charge in [0, 0.05) is 19.3 Å². The lowest BCUT2D eigenvalue weighted by molar-refractivity contribution is -0.139. The number of rotatable bonds is 3. The summed E-state index contributed by atoms with van der Waals surface area (Å²) in [7, 11) is 0. The van der Waals surface area contributed by atoms with E-state index in [4.69, 9.17) is 5.11 Å². The molecule has 114 valence electrons. The fraction of sp³-hybridized carbons (Fsp3) is 0.417. The lowest BCUT2D eigenvalue weighted by Gasteiger charge is -2.35. The molecular formula is C12H12F3N3O3. The first-order chi connectivity index (χ1) is 9.79. The van der Waals surface area contributed by atoms with Gasteiger partial charge in [-0.2, -0.15) is 13.2 Å². The summed E-state index contributed by atoms with van der Waals surface area (Å²) in [6.07, 6.45) is -4.28. The number of pyridine rings is 1. The molecule has 1 fully saturated rings. The zero-order valence-electron chi connectivity index (χ0n) is 10.7. The van der Waals surface area contributed by atoms with E-state index in [1.807, 2.05) is 0 Å². The summed E-state index contributed by atoms with van der Waals surface area (Å²) in [6.45, 7) is 0.555. The first-order valence-corrected chi connectivity index (χ1v) is 6.08. The number of aromatic nitrogens is 1. The molecule has 1 unspecified atom stereocenters. The van der Waals surface area contributed by atoms with Gasteiger partial charge in [0.05, 0.1) is 12.0 Å². The van der Waals surface area contributed by atoms with Crippen molar-refractivity contribution in [1.29, 1.82) is 0 Å². The van der Waals surface area contributed by atoms with E-state index in [-0.39, 0.29) is 18.9 Å². The number of halogens is 3. The van der Waals surface area contributed by atoms with E-state index in [0.29, 0.717) is 6.20 Å². The molecule has 1 aromatic rings. The molecule has 1 amide bonds. The van der Waals surface area contributed by atoms with E-state index in [1.165, 1.54) is 4.90 Å². The molecule has 0 aromatic carbocycles. The molecule has 1 aliphatic rings. The predicted octanol–water partition coefficient (Wildman–Crippen LogP) is 0.880. The maximum Gasteiger partial charge on any atom is 0.417 e. The van der Waals surface area contributed by atoms with E-state index in [1.54, 1.807) is 0 Å². The fourth-order valence-corrected chi connectivity index (χ4v) is 2.08. The van der Waals surface area contributed by atoms with Gasteiger partial charge in [-0.25, -0.2) is 4.98 Å². The highest BCUT2D eigenvalue weighted by atomic mass is 19.4. The highest BCUT2D eigenvalue weighted by molar-refractivity contribution is 5.90. The van der Waals surface area contributed by atoms with Gasteiger partial charge in [0.15, 0.2) is 0 Å². The van der Waals surface area contributed by atoms with Crippen molar-refractivity contribution in [3.8, 4) is 0 Å². The third-order valence-electron chi connectivity index (χ3n) is 3.07. The Hall–Kier alpha value is -2.32. The molecule has 0 aliphatic carbocycles. The number of hydrogen-bond donors (Lipinski definition) is 2. The number of carbonyl (C=O) groups is 2. The Morgan fingerprint density at radius 2 is 2.19 bits per heavy atom. The number of nitrogens with zero attached hydrogens (tertiary/aromatic N) is 2. The van der Waals surface area contributed by atoms with Crippen LogP contribution in [0.15, 0.2) is 18.3 Å². The maximum absolute atomic E-state index is 12.5. The zero-order valence-corrected chi connectivity index (χ0v) is 10.7. The molecule has 0 radical (unpaired) electrons. The van der Waals surface area contributed by atoms with Crippen molar-refractivity contribution in [3.05, 3.63) is 23.9 Å². The average molecular weight is 303 g/mol. The van der Waals surface area contributed by atoms with Gasteiger partial charge in [0.25, 0.3) is 0 Å². The molecule has 0 saturated carbocycles. The molecule has 9 heteroatoms. The maximum atomic E-state index is 12.5. The molecule has 1 aliphatic heterocycles. The second kappa shape index (κ2) is 5.58. The van der Waals surface area contributed by atoms with Crippen LogP contribution in [0.4, 0.5) is 19.0 Å². The Kier molecular flexibility index (Phi) is 4.01. The van der Waals surface area contributed by atoms with Gasteiger partial charge in [-0.1, -0.05) is 0 Å². The van der Waals surface area contributed by atoms with Gasteiger partial charge in [0.2, 0.25) is 5.91 Å². The topological polar surface area (TPSA) is 82.5 Å². The van der Waals surface area contributed by atoms with Crippen LogP contribution in [0.1, 0.15) is 12.0 Å². The Morgan fingerprint density at radius 1 is 1.48 bits per heavy atom. The molecule has 0 bridgehead atoms. The van der Waals surface area contributed by atoms with Gasteiger partial charge >= 0.3 is 12.1 Å². The second-order valence-corrected chi connectivity index (χ2v) is 4.50. The van der Waals surface area contributed by atoms with E-state index in [9.17, 15) is 22.8 Å². The van der Waals surface area contributed by atoms with Crippen LogP contribution >= 0.6 is 0 Å². The number of amides is 1. The summed E-state index contributed by atoms with van der Waals surface area (Å²) in [6, 6.07) is 1.00. The molecule has 6 nitrogen and oxygen atoms in total. The lowest BCUT2D eigenvalue weighted by atomic mass is 10.1. The Bertz CT molecular complexity index is 545. The highest BCUT2D eigenvalue weighted by Gasteiger charge is 2.34. The Balaban J connectivity index is 2.25. The van der Waals surface area contributed by atoms with Crippen LogP contribution in [0.5, 0.6) is 0 Å². The fourth-order valence-electron chi connectivity index (χ4n) is 2.08. The van der Waals surface area contributed by atoms with Crippen molar-refractivity contribution in [2.75, 3.05) is 18.0 Å². The van der Waals surface area contributed by atoms with Gasteiger partial charge in [-0.3, -0.25) is 9.59 Å². The highest BCUT2D eigenvalue weighted by Crippen LogP contribution is 2.29. The summed E-state index contributed by atoms with van der Waals surface area (Å²) in [5.41, 5.74) is -0.900. The minimum Gasteiger partial charge on any atom is -0.481 e. The number of alkyl halides is 3. The molecule has 0 spiro atoms. The van der Waals surface area contributed by atoms with E-state index in [2.05, 4.69) is 10.3 Å². The number of hydrogen-bond acceptors (Lipinski definition) is 4. The molecule has 1 aromatic heterocycles. The van der Waals surface area contributed by atoms with Crippen molar-refractivity contribution >= 4 is 17.7 Å². The average Bonchev–Trinajstić information content (AvgIpc) is 2.40. The molecule has 1 atom stereocenters. The first kappa shape index (κ1) is 15.1. The number of carboxylic acids is 1. The third-order valence-corrected chi connectivity index (χ3v) is 3.07. The summed E-state index contributed by atoms with van der Waals surface area (Å²) >= 11 is 0. The summed E-state index contributed by atoms with van der Waals surface area (Å²) in [4.78, 5) is 27.6. The number of anilines is 1. The summed E-state index contributed by atoms with van der Waals surface area (Å²) in [5, 5.41) is 11.3. The molecule has 2 N–H and O–H groups in total. The van der Waals surface area contributed by atoms with Crippen molar-refractivity contribution < 1.29 is 27.9 Å². The van der Waals surface area contributed by atoms with Crippen molar-refractivity contribution in [2.45, 2.75) is 18.6 Å². The van der Waals surface area contributed by atoms with Crippen LogP contribution in [0, 0.1) is 0 Å². The number of piperazine rings is 1. The van der Waals surface area contributed by atoms with Crippen molar-refractivity contribution in [1.82, 2.24) is 10.3 Å². The van der Waals surface area contributed by atoms with Gasteiger partial charge in [-0.05, 0) is 12.1 Å². The van der Waals surface area contributed by atoms with Crippen LogP contribution < -0.4 is 10.2 Å². The van der Waals surface area contributed by atoms with Crippen LogP contribution in [0.25, 0.3) is 0 Å². The van der Waals surface area contributed by atoms with Crippen LogP contribution in [-0.4, -0.2) is 41.1 Å². The summed E-state index contributed by atoms with van der Waals surface area (Å²) < 4.78 is 37.4. The number of nitrogens with one attached hydrogen (secondary N) is 1. The lowest BCUT2D eigenvalue weighted by Crippen LogP contribution is -2.56. The van der Waals surface area contributed by atoms with E-state index < -0.39 is 36.1 Å². The third kappa shape index (κ3) is 3.41. The smallest absolute Gasteiger partial charge is 0.417 e. The quantitative estimate of drug-likeness (QED) is 0.866. The molecule has 2 heterocycles. The standard InChI is InChI=1S/C12H12F3N3O3/c13-12(14,15)7-1-2-9(17-6-7)18-4-3-16-11(21)8(18)5-10(19)20/h1-2,6,8H,3-5H2,(H,16,21)(H,19,20). The first-order valence-electron chi connectivity index (χ1n) is 6.08. The van der Waals surface area contributed by atoms with E-state index >= 15 is 0 Å². The normalized spacial score (nSPS) is 19.3. The van der Waals surface area contributed by atoms with Crippen molar-refractivity contribution in [3.63, 3.8) is 0 Å². The number of carbonyl (C=O) groups excluding carboxylic acids is 1. The zero-order chi connectivity index (χ0) is 15.6. The van der Waals surface area contributed by atoms with Gasteiger partial charge in [0.1, 0.15) is 11.9 Å². The number of aliphatic carboxylic acids is 1. The minimum absolute atomic E-state index is 0.143. The molecule has 21 heavy (non-hydrogen) atoms. The molecule has 1 saturated heterocycles. The van der Waals surface area contributed by atoms with Crippen LogP contribution in [-0.2, 0) is 15.8 Å².